The van der Waals surface area contributed by atoms with Gasteiger partial charge in [-0.2, -0.15) is 0 Å². The van der Waals surface area contributed by atoms with Crippen molar-refractivity contribution in [2.75, 3.05) is 20.3 Å². The maximum absolute atomic E-state index is 12.7. The number of pyridine rings is 1. The third-order valence-corrected chi connectivity index (χ3v) is 5.05. The van der Waals surface area contributed by atoms with Gasteiger partial charge in [0.25, 0.3) is 0 Å². The van der Waals surface area contributed by atoms with Crippen LogP contribution in [0, 0.1) is 0 Å². The van der Waals surface area contributed by atoms with Crippen LogP contribution in [0.2, 0.25) is 0 Å². The van der Waals surface area contributed by atoms with Gasteiger partial charge in [-0.25, -0.2) is 0 Å². The first kappa shape index (κ1) is 19.0. The van der Waals surface area contributed by atoms with E-state index in [1.807, 2.05) is 41.3 Å². The Kier molecular flexibility index (Phi) is 5.44. The number of nitrogens with zero attached hydrogens (tertiary/aromatic N) is 2. The number of ether oxygens (including phenoxy) is 2. The first-order chi connectivity index (χ1) is 14.2. The molecule has 3 aromatic rings. The van der Waals surface area contributed by atoms with Gasteiger partial charge in [0.1, 0.15) is 18.1 Å². The zero-order chi connectivity index (χ0) is 20.2. The molecule has 2 heterocycles. The summed E-state index contributed by atoms with van der Waals surface area (Å²) >= 11 is 0. The molecule has 6 heteroatoms. The number of amides is 1. The summed E-state index contributed by atoms with van der Waals surface area (Å²) in [6.07, 6.45) is 3.48. The van der Waals surface area contributed by atoms with Crippen LogP contribution >= 0.6 is 0 Å². The highest BCUT2D eigenvalue weighted by atomic mass is 16.5. The smallest absolute Gasteiger partial charge is 0.249 e. The van der Waals surface area contributed by atoms with Gasteiger partial charge in [-0.05, 0) is 47.0 Å². The van der Waals surface area contributed by atoms with E-state index in [4.69, 9.17) is 9.47 Å². The standard InChI is InChI=1S/C23H22N2O4/c1-28-19-7-2-4-16(10-19)13-25-22(14-29-15-23(25)27)21-12-24-9-8-20(21)17-5-3-6-18(26)11-17/h2-12,22,26H,13-15H2,1H3. The molecule has 1 amide bonds. The van der Waals surface area contributed by atoms with Crippen LogP contribution < -0.4 is 4.74 Å². The number of morpholine rings is 1. The summed E-state index contributed by atoms with van der Waals surface area (Å²) in [6.45, 7) is 0.883. The second kappa shape index (κ2) is 8.32. The Hall–Kier alpha value is -3.38. The van der Waals surface area contributed by atoms with Crippen LogP contribution in [0.3, 0.4) is 0 Å². The van der Waals surface area contributed by atoms with Crippen molar-refractivity contribution >= 4 is 5.91 Å². The number of methoxy groups -OCH3 is 1. The minimum Gasteiger partial charge on any atom is -0.508 e. The van der Waals surface area contributed by atoms with E-state index in [-0.39, 0.29) is 24.3 Å². The molecule has 0 spiro atoms. The first-order valence-corrected chi connectivity index (χ1v) is 9.39. The summed E-state index contributed by atoms with van der Waals surface area (Å²) in [6, 6.07) is 16.4. The van der Waals surface area contributed by atoms with Crippen molar-refractivity contribution in [1.29, 1.82) is 0 Å². The Labute approximate surface area is 169 Å². The van der Waals surface area contributed by atoms with Gasteiger partial charge in [-0.15, -0.1) is 0 Å². The maximum atomic E-state index is 12.7. The number of carbonyl (C=O) groups excluding carboxylic acids is 1. The third-order valence-electron chi connectivity index (χ3n) is 5.05. The molecule has 4 rings (SSSR count). The normalized spacial score (nSPS) is 16.7. The molecule has 148 valence electrons. The quantitative estimate of drug-likeness (QED) is 0.721. The maximum Gasteiger partial charge on any atom is 0.249 e. The molecule has 2 aromatic carbocycles. The monoisotopic (exact) mass is 390 g/mol. The molecule has 1 aromatic heterocycles. The van der Waals surface area contributed by atoms with Crippen molar-refractivity contribution in [3.8, 4) is 22.6 Å². The lowest BCUT2D eigenvalue weighted by Gasteiger charge is -2.36. The molecule has 6 nitrogen and oxygen atoms in total. The van der Waals surface area contributed by atoms with E-state index < -0.39 is 0 Å². The minimum absolute atomic E-state index is 0.0577. The Morgan fingerprint density at radius 1 is 1.21 bits per heavy atom. The molecule has 1 aliphatic heterocycles. The average Bonchev–Trinajstić information content (AvgIpc) is 2.75. The Bertz CT molecular complexity index is 1020. The third kappa shape index (κ3) is 4.07. The molecular weight excluding hydrogens is 368 g/mol. The number of hydrogen-bond donors (Lipinski definition) is 1. The van der Waals surface area contributed by atoms with E-state index >= 15 is 0 Å². The zero-order valence-corrected chi connectivity index (χ0v) is 16.1. The van der Waals surface area contributed by atoms with Gasteiger partial charge in [0, 0.05) is 24.5 Å². The fourth-order valence-electron chi connectivity index (χ4n) is 3.64. The second-order valence-corrected chi connectivity index (χ2v) is 6.92. The second-order valence-electron chi connectivity index (χ2n) is 6.92. The fourth-order valence-corrected chi connectivity index (χ4v) is 3.64. The topological polar surface area (TPSA) is 71.9 Å². The van der Waals surface area contributed by atoms with Crippen LogP contribution in [0.25, 0.3) is 11.1 Å². The number of aromatic hydroxyl groups is 1. The molecule has 0 aliphatic carbocycles. The molecule has 0 saturated carbocycles. The SMILES string of the molecule is COc1cccc(CN2C(=O)COCC2c2cnccc2-c2cccc(O)c2)c1. The van der Waals surface area contributed by atoms with Crippen LogP contribution in [0.4, 0.5) is 0 Å². The van der Waals surface area contributed by atoms with Gasteiger partial charge >= 0.3 is 0 Å². The molecule has 0 radical (unpaired) electrons. The minimum atomic E-state index is -0.284. The first-order valence-electron chi connectivity index (χ1n) is 9.39. The van der Waals surface area contributed by atoms with Crippen LogP contribution in [0.1, 0.15) is 17.2 Å². The highest BCUT2D eigenvalue weighted by molar-refractivity contribution is 5.79. The molecule has 1 unspecified atom stereocenters. The van der Waals surface area contributed by atoms with E-state index in [9.17, 15) is 9.90 Å². The Morgan fingerprint density at radius 3 is 2.90 bits per heavy atom. The molecule has 0 bridgehead atoms. The predicted molar refractivity (Wildman–Crippen MR) is 108 cm³/mol. The van der Waals surface area contributed by atoms with Crippen LogP contribution in [0.5, 0.6) is 11.5 Å². The molecule has 1 fully saturated rings. The van der Waals surface area contributed by atoms with Gasteiger partial charge in [0.2, 0.25) is 5.91 Å². The lowest BCUT2D eigenvalue weighted by atomic mass is 9.95. The fraction of sp³-hybridized carbons (Fsp3) is 0.217. The lowest BCUT2D eigenvalue weighted by Crippen LogP contribution is -2.43. The lowest BCUT2D eigenvalue weighted by molar-refractivity contribution is -0.149. The van der Waals surface area contributed by atoms with Crippen molar-refractivity contribution in [1.82, 2.24) is 9.88 Å². The van der Waals surface area contributed by atoms with Crippen molar-refractivity contribution in [2.24, 2.45) is 0 Å². The summed E-state index contributed by atoms with van der Waals surface area (Å²) in [5, 5.41) is 9.90. The van der Waals surface area contributed by atoms with Gasteiger partial charge < -0.3 is 19.5 Å². The number of hydrogen-bond acceptors (Lipinski definition) is 5. The van der Waals surface area contributed by atoms with E-state index in [0.29, 0.717) is 13.2 Å². The number of phenols is 1. The zero-order valence-electron chi connectivity index (χ0n) is 16.1. The van der Waals surface area contributed by atoms with E-state index in [1.54, 1.807) is 37.7 Å². The summed E-state index contributed by atoms with van der Waals surface area (Å²) in [5.74, 6) is 0.867. The summed E-state index contributed by atoms with van der Waals surface area (Å²) < 4.78 is 10.9. The summed E-state index contributed by atoms with van der Waals surface area (Å²) in [4.78, 5) is 18.9. The largest absolute Gasteiger partial charge is 0.508 e. The van der Waals surface area contributed by atoms with Crippen molar-refractivity contribution in [3.05, 3.63) is 78.1 Å². The van der Waals surface area contributed by atoms with Gasteiger partial charge in [-0.3, -0.25) is 9.78 Å². The van der Waals surface area contributed by atoms with Gasteiger partial charge in [-0.1, -0.05) is 24.3 Å². The van der Waals surface area contributed by atoms with Crippen LogP contribution in [-0.2, 0) is 16.1 Å². The molecular formula is C23H22N2O4. The van der Waals surface area contributed by atoms with Gasteiger partial charge in [0.15, 0.2) is 0 Å². The molecule has 29 heavy (non-hydrogen) atoms. The molecule has 1 atom stereocenters. The number of rotatable bonds is 5. The number of carbonyl (C=O) groups is 1. The number of benzene rings is 2. The van der Waals surface area contributed by atoms with Crippen molar-refractivity contribution in [3.63, 3.8) is 0 Å². The number of phenolic OH excluding ortho intramolecular Hbond substituents is 1. The molecule has 1 saturated heterocycles. The van der Waals surface area contributed by atoms with Crippen LogP contribution in [0.15, 0.2) is 67.0 Å². The Balaban J connectivity index is 1.71. The van der Waals surface area contributed by atoms with E-state index in [1.165, 1.54) is 0 Å². The van der Waals surface area contributed by atoms with Gasteiger partial charge in [0.05, 0.1) is 19.8 Å². The molecule has 1 aliphatic rings. The van der Waals surface area contributed by atoms with Crippen LogP contribution in [-0.4, -0.2) is 41.2 Å². The Morgan fingerprint density at radius 2 is 2.07 bits per heavy atom. The molecule has 1 N–H and O–H groups in total. The summed E-state index contributed by atoms with van der Waals surface area (Å²) in [5.41, 5.74) is 3.64. The summed E-state index contributed by atoms with van der Waals surface area (Å²) in [7, 11) is 1.62. The van der Waals surface area contributed by atoms with E-state index in [0.717, 1.165) is 28.0 Å². The van der Waals surface area contributed by atoms with E-state index in [2.05, 4.69) is 4.98 Å². The number of aromatic nitrogens is 1. The average molecular weight is 390 g/mol. The highest BCUT2D eigenvalue weighted by Crippen LogP contribution is 2.35. The van der Waals surface area contributed by atoms with Crippen molar-refractivity contribution < 1.29 is 19.4 Å². The predicted octanol–water partition coefficient (Wildman–Crippen LogP) is 3.56. The highest BCUT2D eigenvalue weighted by Gasteiger charge is 2.32. The van der Waals surface area contributed by atoms with Crippen molar-refractivity contribution in [2.45, 2.75) is 12.6 Å².